The molecule has 0 bridgehead atoms. The molecule has 0 spiro atoms. The Bertz CT molecular complexity index is 640. The molecule has 0 radical (unpaired) electrons. The molecular formula is C14H20ClN3O2S. The average molecular weight is 330 g/mol. The number of piperidine rings is 1. The lowest BCUT2D eigenvalue weighted by atomic mass is 9.97. The molecule has 2 atom stereocenters. The molecule has 0 amide bonds. The largest absolute Gasteiger partial charge is 0.316 e. The topological polar surface area (TPSA) is 82.0 Å². The van der Waals surface area contributed by atoms with Crippen LogP contribution in [0.1, 0.15) is 24.5 Å². The van der Waals surface area contributed by atoms with Crippen molar-refractivity contribution in [2.24, 2.45) is 5.92 Å². The van der Waals surface area contributed by atoms with Crippen molar-refractivity contribution in [3.05, 3.63) is 29.3 Å². The van der Waals surface area contributed by atoms with Crippen molar-refractivity contribution >= 4 is 22.4 Å². The van der Waals surface area contributed by atoms with Gasteiger partial charge in [0.05, 0.1) is 16.5 Å². The first-order valence-electron chi connectivity index (χ1n) is 6.68. The van der Waals surface area contributed by atoms with Crippen LogP contribution in [0.25, 0.3) is 0 Å². The standard InChI is InChI=1S/C14H19N3O2S.ClH/c1-10-7-12(8-15)3-4-14(10)20(18,19)17-13-5-6-16-9-11(13)2;/h3-4,7,11,13,16-17H,5-6,9H2,1-2H3;1H. The summed E-state index contributed by atoms with van der Waals surface area (Å²) in [5.41, 5.74) is 1.06. The van der Waals surface area contributed by atoms with Crippen LogP contribution in [0, 0.1) is 24.2 Å². The molecule has 2 rings (SSSR count). The molecule has 5 nitrogen and oxygen atoms in total. The molecule has 21 heavy (non-hydrogen) atoms. The van der Waals surface area contributed by atoms with Gasteiger partial charge in [-0.1, -0.05) is 6.92 Å². The maximum atomic E-state index is 12.5. The van der Waals surface area contributed by atoms with E-state index in [4.69, 9.17) is 5.26 Å². The quantitative estimate of drug-likeness (QED) is 0.881. The molecule has 1 aliphatic rings. The highest BCUT2D eigenvalue weighted by Gasteiger charge is 2.27. The van der Waals surface area contributed by atoms with Crippen LogP contribution in [0.4, 0.5) is 0 Å². The molecular weight excluding hydrogens is 310 g/mol. The Morgan fingerprint density at radius 1 is 1.43 bits per heavy atom. The van der Waals surface area contributed by atoms with Crippen molar-refractivity contribution in [1.82, 2.24) is 10.0 Å². The van der Waals surface area contributed by atoms with Crippen LogP contribution in [0.2, 0.25) is 0 Å². The van der Waals surface area contributed by atoms with E-state index >= 15 is 0 Å². The van der Waals surface area contributed by atoms with E-state index < -0.39 is 10.0 Å². The maximum absolute atomic E-state index is 12.5. The number of hydrogen-bond acceptors (Lipinski definition) is 4. The molecule has 0 saturated carbocycles. The Morgan fingerprint density at radius 3 is 2.71 bits per heavy atom. The first-order chi connectivity index (χ1) is 9.44. The summed E-state index contributed by atoms with van der Waals surface area (Å²) in [5, 5.41) is 12.1. The molecule has 7 heteroatoms. The van der Waals surface area contributed by atoms with Crippen molar-refractivity contribution < 1.29 is 8.42 Å². The van der Waals surface area contributed by atoms with Crippen molar-refractivity contribution in [2.75, 3.05) is 13.1 Å². The normalized spacial score (nSPS) is 22.1. The smallest absolute Gasteiger partial charge is 0.241 e. The zero-order valence-corrected chi connectivity index (χ0v) is 13.7. The van der Waals surface area contributed by atoms with Crippen LogP contribution in [0.15, 0.2) is 23.1 Å². The lowest BCUT2D eigenvalue weighted by Crippen LogP contribution is -2.48. The van der Waals surface area contributed by atoms with Gasteiger partial charge in [-0.05, 0) is 56.1 Å². The molecule has 2 N–H and O–H groups in total. The van der Waals surface area contributed by atoms with E-state index in [-0.39, 0.29) is 29.3 Å². The van der Waals surface area contributed by atoms with Gasteiger partial charge < -0.3 is 5.32 Å². The minimum absolute atomic E-state index is 0. The zero-order chi connectivity index (χ0) is 14.8. The molecule has 116 valence electrons. The highest BCUT2D eigenvalue weighted by molar-refractivity contribution is 7.89. The van der Waals surface area contributed by atoms with E-state index in [1.54, 1.807) is 13.0 Å². The summed E-state index contributed by atoms with van der Waals surface area (Å²) < 4.78 is 27.7. The Labute approximate surface area is 132 Å². The van der Waals surface area contributed by atoms with Crippen molar-refractivity contribution in [3.63, 3.8) is 0 Å². The fourth-order valence-corrected chi connectivity index (χ4v) is 4.08. The van der Waals surface area contributed by atoms with E-state index in [0.717, 1.165) is 19.5 Å². The van der Waals surface area contributed by atoms with Crippen molar-refractivity contribution in [2.45, 2.75) is 31.2 Å². The number of halogens is 1. The lowest BCUT2D eigenvalue weighted by molar-refractivity contribution is 0.328. The third-order valence-electron chi connectivity index (χ3n) is 3.69. The first kappa shape index (κ1) is 17.9. The second kappa shape index (κ2) is 7.23. The molecule has 1 aromatic rings. The molecule has 2 unspecified atom stereocenters. The van der Waals surface area contributed by atoms with Gasteiger partial charge in [-0.3, -0.25) is 0 Å². The molecule has 1 aromatic carbocycles. The predicted molar refractivity (Wildman–Crippen MR) is 83.9 cm³/mol. The number of rotatable bonds is 3. The SMILES string of the molecule is Cc1cc(C#N)ccc1S(=O)(=O)NC1CCNCC1C.Cl. The number of hydrogen-bond donors (Lipinski definition) is 2. The number of aryl methyl sites for hydroxylation is 1. The Kier molecular flexibility index (Phi) is 6.17. The number of benzene rings is 1. The third kappa shape index (κ3) is 4.17. The van der Waals surface area contributed by atoms with Crippen LogP contribution in [-0.2, 0) is 10.0 Å². The van der Waals surface area contributed by atoms with Gasteiger partial charge in [-0.15, -0.1) is 12.4 Å². The second-order valence-electron chi connectivity index (χ2n) is 5.29. The molecule has 1 fully saturated rings. The highest BCUT2D eigenvalue weighted by Crippen LogP contribution is 2.19. The Hall–Kier alpha value is -1.13. The number of nitrogens with zero attached hydrogens (tertiary/aromatic N) is 1. The molecule has 0 aromatic heterocycles. The molecule has 1 heterocycles. The highest BCUT2D eigenvalue weighted by atomic mass is 35.5. The van der Waals surface area contributed by atoms with Gasteiger partial charge in [0.25, 0.3) is 0 Å². The van der Waals surface area contributed by atoms with Gasteiger partial charge >= 0.3 is 0 Å². The van der Waals surface area contributed by atoms with Gasteiger partial charge in [0, 0.05) is 6.04 Å². The summed E-state index contributed by atoms with van der Waals surface area (Å²) in [4.78, 5) is 0.252. The van der Waals surface area contributed by atoms with Gasteiger partial charge in [0.15, 0.2) is 0 Å². The second-order valence-corrected chi connectivity index (χ2v) is 6.97. The summed E-state index contributed by atoms with van der Waals surface area (Å²) in [7, 11) is -3.54. The third-order valence-corrected chi connectivity index (χ3v) is 5.34. The molecule has 0 aliphatic carbocycles. The van der Waals surface area contributed by atoms with Crippen LogP contribution in [0.5, 0.6) is 0 Å². The Morgan fingerprint density at radius 2 is 2.14 bits per heavy atom. The number of nitrogens with one attached hydrogen (secondary N) is 2. The summed E-state index contributed by atoms with van der Waals surface area (Å²) in [6.07, 6.45) is 0.787. The van der Waals surface area contributed by atoms with Gasteiger partial charge in [-0.25, -0.2) is 13.1 Å². The van der Waals surface area contributed by atoms with Gasteiger partial charge in [0.1, 0.15) is 0 Å². The van der Waals surface area contributed by atoms with Crippen LogP contribution in [-0.4, -0.2) is 27.5 Å². The maximum Gasteiger partial charge on any atom is 0.241 e. The van der Waals surface area contributed by atoms with E-state index in [2.05, 4.69) is 10.0 Å². The minimum atomic E-state index is -3.54. The summed E-state index contributed by atoms with van der Waals surface area (Å²) >= 11 is 0. The summed E-state index contributed by atoms with van der Waals surface area (Å²) in [6, 6.07) is 6.60. The molecule has 1 saturated heterocycles. The van der Waals surface area contributed by atoms with Crippen LogP contribution in [0.3, 0.4) is 0 Å². The van der Waals surface area contributed by atoms with Crippen LogP contribution >= 0.6 is 12.4 Å². The molecule has 1 aliphatic heterocycles. The summed E-state index contributed by atoms with van der Waals surface area (Å²) in [5.74, 6) is 0.261. The first-order valence-corrected chi connectivity index (χ1v) is 8.16. The van der Waals surface area contributed by atoms with E-state index in [1.165, 1.54) is 12.1 Å². The van der Waals surface area contributed by atoms with Crippen molar-refractivity contribution in [3.8, 4) is 6.07 Å². The van der Waals surface area contributed by atoms with Crippen LogP contribution < -0.4 is 10.0 Å². The number of nitriles is 1. The number of sulfonamides is 1. The minimum Gasteiger partial charge on any atom is -0.316 e. The van der Waals surface area contributed by atoms with E-state index in [9.17, 15) is 8.42 Å². The fraction of sp³-hybridized carbons (Fsp3) is 0.500. The van der Waals surface area contributed by atoms with Crippen molar-refractivity contribution in [1.29, 1.82) is 5.26 Å². The van der Waals surface area contributed by atoms with Gasteiger partial charge in [0.2, 0.25) is 10.0 Å². The average Bonchev–Trinajstić information content (AvgIpc) is 2.40. The van der Waals surface area contributed by atoms with E-state index in [1.807, 2.05) is 13.0 Å². The van der Waals surface area contributed by atoms with E-state index in [0.29, 0.717) is 11.1 Å². The zero-order valence-electron chi connectivity index (χ0n) is 12.1. The summed E-state index contributed by atoms with van der Waals surface area (Å²) in [6.45, 7) is 5.38. The lowest BCUT2D eigenvalue weighted by Gasteiger charge is -2.30. The fourth-order valence-electron chi connectivity index (χ4n) is 2.47. The Balaban J connectivity index is 0.00000220. The predicted octanol–water partition coefficient (Wildman–Crippen LogP) is 1.56. The monoisotopic (exact) mass is 329 g/mol. The van der Waals surface area contributed by atoms with Gasteiger partial charge in [-0.2, -0.15) is 5.26 Å².